The highest BCUT2D eigenvalue weighted by Crippen LogP contribution is 2.42. The Morgan fingerprint density at radius 3 is 1.70 bits per heavy atom. The van der Waals surface area contributed by atoms with E-state index in [1.807, 2.05) is 0 Å². The molecule has 0 aliphatic heterocycles. The number of aliphatic hydroxyl groups excluding tert-OH is 2. The smallest absolute Gasteiger partial charge is 0.0836 e. The van der Waals surface area contributed by atoms with Crippen LogP contribution in [0.1, 0.15) is 12.8 Å². The lowest BCUT2D eigenvalue weighted by Crippen LogP contribution is -2.55. The van der Waals surface area contributed by atoms with Crippen LogP contribution < -0.4 is 0 Å². The van der Waals surface area contributed by atoms with E-state index in [4.69, 9.17) is 0 Å². The van der Waals surface area contributed by atoms with Crippen LogP contribution in [0.2, 0.25) is 0 Å². The minimum absolute atomic E-state index is 0.347. The lowest BCUT2D eigenvalue weighted by Gasteiger charge is -2.47. The summed E-state index contributed by atoms with van der Waals surface area (Å²) >= 11 is 0. The molecule has 2 unspecified atom stereocenters. The van der Waals surface area contributed by atoms with Crippen molar-refractivity contribution in [2.75, 3.05) is 0 Å². The Labute approximate surface area is 60.2 Å². The third kappa shape index (κ3) is 0.662. The van der Waals surface area contributed by atoms with Crippen LogP contribution >= 0.6 is 0 Å². The molecule has 56 valence electrons. The van der Waals surface area contributed by atoms with Crippen LogP contribution in [0.15, 0.2) is 12.2 Å². The predicted molar refractivity (Wildman–Crippen MR) is 37.4 cm³/mol. The number of rotatable bonds is 0. The standard InChI is InChI=1S/C8H12O2/c9-7-5-3-1-2-4-6(5)8(7)10/h1-2,5-10H,3-4H2/t5-,6+,7?,8?. The fraction of sp³-hybridized carbons (Fsp3) is 0.750. The van der Waals surface area contributed by atoms with Crippen molar-refractivity contribution in [3.8, 4) is 0 Å². The first-order valence-electron chi connectivity index (χ1n) is 3.82. The van der Waals surface area contributed by atoms with Gasteiger partial charge >= 0.3 is 0 Å². The number of hydrogen-bond donors (Lipinski definition) is 2. The molecule has 0 aromatic carbocycles. The summed E-state index contributed by atoms with van der Waals surface area (Å²) in [4.78, 5) is 0. The molecule has 0 radical (unpaired) electrons. The van der Waals surface area contributed by atoms with Gasteiger partial charge in [-0.1, -0.05) is 12.2 Å². The fourth-order valence-electron chi connectivity index (χ4n) is 2.00. The second kappa shape index (κ2) is 2.07. The van der Waals surface area contributed by atoms with Crippen molar-refractivity contribution in [2.45, 2.75) is 25.0 Å². The zero-order chi connectivity index (χ0) is 7.14. The van der Waals surface area contributed by atoms with Crippen LogP contribution in [-0.2, 0) is 0 Å². The highest BCUT2D eigenvalue weighted by Gasteiger charge is 2.48. The summed E-state index contributed by atoms with van der Waals surface area (Å²) in [6.07, 6.45) is 5.18. The molecule has 0 spiro atoms. The summed E-state index contributed by atoms with van der Waals surface area (Å²) in [5.74, 6) is 0.694. The Morgan fingerprint density at radius 1 is 0.900 bits per heavy atom. The molecule has 2 heteroatoms. The maximum atomic E-state index is 9.23. The molecule has 2 aliphatic rings. The fourth-order valence-corrected chi connectivity index (χ4v) is 2.00. The van der Waals surface area contributed by atoms with E-state index in [1.165, 1.54) is 0 Å². The molecule has 0 amide bonds. The summed E-state index contributed by atoms with van der Waals surface area (Å²) < 4.78 is 0. The Bertz CT molecular complexity index is 147. The molecule has 0 aromatic rings. The van der Waals surface area contributed by atoms with Crippen molar-refractivity contribution in [2.24, 2.45) is 11.8 Å². The van der Waals surface area contributed by atoms with Gasteiger partial charge in [-0.2, -0.15) is 0 Å². The molecule has 1 fully saturated rings. The molecular weight excluding hydrogens is 128 g/mol. The first-order valence-corrected chi connectivity index (χ1v) is 3.82. The second-order valence-corrected chi connectivity index (χ2v) is 3.25. The molecule has 2 rings (SSSR count). The molecule has 10 heavy (non-hydrogen) atoms. The minimum atomic E-state index is -0.449. The van der Waals surface area contributed by atoms with Crippen LogP contribution in [0.25, 0.3) is 0 Å². The molecule has 0 bridgehead atoms. The number of aliphatic hydroxyl groups is 2. The molecule has 0 saturated heterocycles. The highest BCUT2D eigenvalue weighted by atomic mass is 16.3. The zero-order valence-corrected chi connectivity index (χ0v) is 5.77. The van der Waals surface area contributed by atoms with Gasteiger partial charge in [0, 0.05) is 0 Å². The Kier molecular flexibility index (Phi) is 1.32. The van der Waals surface area contributed by atoms with Gasteiger partial charge in [0.2, 0.25) is 0 Å². The van der Waals surface area contributed by atoms with E-state index in [1.54, 1.807) is 0 Å². The first-order chi connectivity index (χ1) is 4.80. The maximum absolute atomic E-state index is 9.23. The van der Waals surface area contributed by atoms with E-state index in [0.29, 0.717) is 11.8 Å². The molecule has 2 aliphatic carbocycles. The number of hydrogen-bond acceptors (Lipinski definition) is 2. The summed E-state index contributed by atoms with van der Waals surface area (Å²) in [7, 11) is 0. The van der Waals surface area contributed by atoms with Crippen molar-refractivity contribution in [3.05, 3.63) is 12.2 Å². The van der Waals surface area contributed by atoms with Gasteiger partial charge in [0.25, 0.3) is 0 Å². The number of fused-ring (bicyclic) bond motifs is 1. The molecule has 0 heterocycles. The average molecular weight is 140 g/mol. The van der Waals surface area contributed by atoms with Crippen molar-refractivity contribution in [1.82, 2.24) is 0 Å². The van der Waals surface area contributed by atoms with E-state index in [0.717, 1.165) is 12.8 Å². The predicted octanol–water partition coefficient (Wildman–Crippen LogP) is 0.304. The average Bonchev–Trinajstić information content (AvgIpc) is 2.03. The zero-order valence-electron chi connectivity index (χ0n) is 5.77. The summed E-state index contributed by atoms with van der Waals surface area (Å²) in [6.45, 7) is 0. The topological polar surface area (TPSA) is 40.5 Å². The van der Waals surface area contributed by atoms with Gasteiger partial charge < -0.3 is 10.2 Å². The van der Waals surface area contributed by atoms with Crippen LogP contribution in [-0.4, -0.2) is 22.4 Å². The maximum Gasteiger partial charge on any atom is 0.0836 e. The lowest BCUT2D eigenvalue weighted by molar-refractivity contribution is -0.154. The second-order valence-electron chi connectivity index (χ2n) is 3.25. The van der Waals surface area contributed by atoms with Crippen molar-refractivity contribution in [3.63, 3.8) is 0 Å². The van der Waals surface area contributed by atoms with Crippen LogP contribution in [0.5, 0.6) is 0 Å². The molecule has 2 N–H and O–H groups in total. The van der Waals surface area contributed by atoms with E-state index < -0.39 is 12.2 Å². The molecule has 2 nitrogen and oxygen atoms in total. The number of allylic oxidation sites excluding steroid dienone is 2. The van der Waals surface area contributed by atoms with E-state index >= 15 is 0 Å². The molecular formula is C8H12O2. The minimum Gasteiger partial charge on any atom is -0.390 e. The highest BCUT2D eigenvalue weighted by molar-refractivity contribution is 5.07. The quantitative estimate of drug-likeness (QED) is 0.475. The van der Waals surface area contributed by atoms with Gasteiger partial charge in [0.1, 0.15) is 0 Å². The summed E-state index contributed by atoms with van der Waals surface area (Å²) in [5, 5.41) is 18.5. The largest absolute Gasteiger partial charge is 0.390 e. The van der Waals surface area contributed by atoms with Crippen molar-refractivity contribution in [1.29, 1.82) is 0 Å². The third-order valence-corrected chi connectivity index (χ3v) is 2.76. The van der Waals surface area contributed by atoms with Gasteiger partial charge in [-0.15, -0.1) is 0 Å². The normalized spacial score (nSPS) is 51.8. The first kappa shape index (κ1) is 6.38. The molecule has 4 atom stereocenters. The van der Waals surface area contributed by atoms with Gasteiger partial charge in [-0.05, 0) is 24.7 Å². The van der Waals surface area contributed by atoms with Crippen LogP contribution in [0.4, 0.5) is 0 Å². The summed E-state index contributed by atoms with van der Waals surface area (Å²) in [5.41, 5.74) is 0. The Morgan fingerprint density at radius 2 is 1.30 bits per heavy atom. The van der Waals surface area contributed by atoms with E-state index in [2.05, 4.69) is 12.2 Å². The van der Waals surface area contributed by atoms with Crippen molar-refractivity contribution < 1.29 is 10.2 Å². The summed E-state index contributed by atoms with van der Waals surface area (Å²) in [6, 6.07) is 0. The Balaban J connectivity index is 2.08. The SMILES string of the molecule is OC1C(O)[C@@H]2CC=CC[C@H]12. The molecule has 0 aromatic heterocycles. The van der Waals surface area contributed by atoms with Gasteiger partial charge in [-0.25, -0.2) is 0 Å². The third-order valence-electron chi connectivity index (χ3n) is 2.76. The van der Waals surface area contributed by atoms with Gasteiger partial charge in [0.15, 0.2) is 0 Å². The molecule has 1 saturated carbocycles. The van der Waals surface area contributed by atoms with Crippen LogP contribution in [0.3, 0.4) is 0 Å². The van der Waals surface area contributed by atoms with E-state index in [-0.39, 0.29) is 0 Å². The van der Waals surface area contributed by atoms with E-state index in [9.17, 15) is 10.2 Å². The Hall–Kier alpha value is -0.340. The lowest BCUT2D eigenvalue weighted by atomic mass is 9.63. The van der Waals surface area contributed by atoms with Gasteiger partial charge in [0.05, 0.1) is 12.2 Å². The van der Waals surface area contributed by atoms with Crippen LogP contribution in [0, 0.1) is 11.8 Å². The van der Waals surface area contributed by atoms with Crippen molar-refractivity contribution >= 4 is 0 Å². The monoisotopic (exact) mass is 140 g/mol. The van der Waals surface area contributed by atoms with Gasteiger partial charge in [-0.3, -0.25) is 0 Å².